The van der Waals surface area contributed by atoms with Gasteiger partial charge in [-0.3, -0.25) is 4.98 Å². The summed E-state index contributed by atoms with van der Waals surface area (Å²) < 4.78 is 11.1. The monoisotopic (exact) mass is 383 g/mol. The Morgan fingerprint density at radius 1 is 0.750 bits per heavy atom. The van der Waals surface area contributed by atoms with Crippen LogP contribution in [0.1, 0.15) is 70.8 Å². The summed E-state index contributed by atoms with van der Waals surface area (Å²) in [4.78, 5) is 4.57. The molecule has 1 heterocycles. The number of aryl methyl sites for hydroxylation is 1. The fraction of sp³-hybridized carbons (Fsp3) is 0.560. The van der Waals surface area contributed by atoms with Crippen LogP contribution in [0.25, 0.3) is 11.3 Å². The number of rotatable bonds is 15. The van der Waals surface area contributed by atoms with Crippen LogP contribution in [0.5, 0.6) is 5.75 Å². The van der Waals surface area contributed by atoms with Crippen molar-refractivity contribution in [2.45, 2.75) is 71.6 Å². The molecule has 0 radical (unpaired) electrons. The first-order valence-corrected chi connectivity index (χ1v) is 11.1. The standard InChI is InChI=1S/C25H37NO2/c1-3-5-6-7-9-12-22-13-15-23(16-14-22)25-18-17-24(21-26-25)28-20-11-8-10-19-27-4-2/h13-18,21H,3-12,19-20H2,1-2H3. The van der Waals surface area contributed by atoms with E-state index in [-0.39, 0.29) is 0 Å². The smallest absolute Gasteiger partial charge is 0.137 e. The van der Waals surface area contributed by atoms with E-state index in [1.807, 2.05) is 25.3 Å². The van der Waals surface area contributed by atoms with Crippen LogP contribution in [0.15, 0.2) is 42.6 Å². The predicted octanol–water partition coefficient (Wildman–Crippen LogP) is 6.85. The maximum Gasteiger partial charge on any atom is 0.137 e. The Kier molecular flexibility index (Phi) is 11.3. The minimum absolute atomic E-state index is 0.736. The fourth-order valence-electron chi connectivity index (χ4n) is 3.23. The van der Waals surface area contributed by atoms with Gasteiger partial charge in [-0.1, -0.05) is 56.9 Å². The maximum absolute atomic E-state index is 5.79. The number of aromatic nitrogens is 1. The average Bonchev–Trinajstić information content (AvgIpc) is 2.74. The Labute approximate surface area is 171 Å². The number of nitrogens with zero attached hydrogens (tertiary/aromatic N) is 1. The molecule has 2 rings (SSSR count). The number of hydrogen-bond donors (Lipinski definition) is 0. The Balaban J connectivity index is 1.70. The fourth-order valence-corrected chi connectivity index (χ4v) is 3.23. The second kappa shape index (κ2) is 14.2. The van der Waals surface area contributed by atoms with Gasteiger partial charge < -0.3 is 9.47 Å². The van der Waals surface area contributed by atoms with E-state index in [1.54, 1.807) is 0 Å². The van der Waals surface area contributed by atoms with Gasteiger partial charge >= 0.3 is 0 Å². The minimum atomic E-state index is 0.736. The molecule has 0 bridgehead atoms. The molecule has 0 atom stereocenters. The van der Waals surface area contributed by atoms with Gasteiger partial charge in [-0.05, 0) is 56.7 Å². The van der Waals surface area contributed by atoms with Crippen LogP contribution in [-0.2, 0) is 11.2 Å². The molecule has 0 aliphatic carbocycles. The van der Waals surface area contributed by atoms with Crippen molar-refractivity contribution in [2.24, 2.45) is 0 Å². The molecule has 0 spiro atoms. The molecule has 0 amide bonds. The molecule has 0 aliphatic rings. The lowest BCUT2D eigenvalue weighted by molar-refractivity contribution is 0.141. The van der Waals surface area contributed by atoms with Crippen LogP contribution in [0.2, 0.25) is 0 Å². The first-order chi connectivity index (χ1) is 13.8. The number of benzene rings is 1. The highest BCUT2D eigenvalue weighted by Crippen LogP contribution is 2.21. The molecule has 0 unspecified atom stereocenters. The van der Waals surface area contributed by atoms with Gasteiger partial charge in [-0.2, -0.15) is 0 Å². The van der Waals surface area contributed by atoms with Gasteiger partial charge in [0.2, 0.25) is 0 Å². The van der Waals surface area contributed by atoms with E-state index in [0.29, 0.717) is 0 Å². The van der Waals surface area contributed by atoms with Gasteiger partial charge in [-0.25, -0.2) is 0 Å². The quantitative estimate of drug-likeness (QED) is 0.315. The van der Waals surface area contributed by atoms with Gasteiger partial charge in [0.25, 0.3) is 0 Å². The first-order valence-electron chi connectivity index (χ1n) is 11.1. The van der Waals surface area contributed by atoms with E-state index in [9.17, 15) is 0 Å². The summed E-state index contributed by atoms with van der Waals surface area (Å²) in [5.74, 6) is 0.845. The number of ether oxygens (including phenoxy) is 2. The van der Waals surface area contributed by atoms with E-state index in [1.165, 1.54) is 44.1 Å². The molecule has 0 saturated heterocycles. The molecule has 154 valence electrons. The minimum Gasteiger partial charge on any atom is -0.492 e. The molecule has 0 fully saturated rings. The Hall–Kier alpha value is -1.87. The lowest BCUT2D eigenvalue weighted by Gasteiger charge is -2.08. The van der Waals surface area contributed by atoms with E-state index >= 15 is 0 Å². The van der Waals surface area contributed by atoms with Gasteiger partial charge in [-0.15, -0.1) is 0 Å². The maximum atomic E-state index is 5.79. The molecule has 3 heteroatoms. The molecular formula is C25H37NO2. The lowest BCUT2D eigenvalue weighted by Crippen LogP contribution is -1.99. The topological polar surface area (TPSA) is 31.4 Å². The highest BCUT2D eigenvalue weighted by molar-refractivity contribution is 5.59. The highest BCUT2D eigenvalue weighted by Gasteiger charge is 2.02. The van der Waals surface area contributed by atoms with Crippen molar-refractivity contribution >= 4 is 0 Å². The third-order valence-corrected chi connectivity index (χ3v) is 4.96. The van der Waals surface area contributed by atoms with E-state index in [0.717, 1.165) is 56.1 Å². The summed E-state index contributed by atoms with van der Waals surface area (Å²) in [6, 6.07) is 12.9. The molecule has 0 N–H and O–H groups in total. The third kappa shape index (κ3) is 8.88. The zero-order valence-electron chi connectivity index (χ0n) is 17.8. The van der Waals surface area contributed by atoms with Crippen molar-refractivity contribution < 1.29 is 9.47 Å². The van der Waals surface area contributed by atoms with Crippen LogP contribution >= 0.6 is 0 Å². The van der Waals surface area contributed by atoms with Crippen molar-refractivity contribution in [2.75, 3.05) is 19.8 Å². The molecule has 2 aromatic rings. The Morgan fingerprint density at radius 3 is 2.21 bits per heavy atom. The van der Waals surface area contributed by atoms with Crippen molar-refractivity contribution in [3.05, 3.63) is 48.2 Å². The third-order valence-electron chi connectivity index (χ3n) is 4.96. The van der Waals surface area contributed by atoms with Gasteiger partial charge in [0.15, 0.2) is 0 Å². The summed E-state index contributed by atoms with van der Waals surface area (Å²) in [5.41, 5.74) is 3.58. The summed E-state index contributed by atoms with van der Waals surface area (Å²) in [7, 11) is 0. The normalized spacial score (nSPS) is 10.9. The summed E-state index contributed by atoms with van der Waals surface area (Å²) in [6.45, 7) is 6.68. The second-order valence-corrected chi connectivity index (χ2v) is 7.35. The van der Waals surface area contributed by atoms with Crippen molar-refractivity contribution in [1.82, 2.24) is 4.98 Å². The number of hydrogen-bond acceptors (Lipinski definition) is 3. The molecule has 1 aromatic heterocycles. The average molecular weight is 384 g/mol. The van der Waals surface area contributed by atoms with E-state index in [4.69, 9.17) is 9.47 Å². The lowest BCUT2D eigenvalue weighted by atomic mass is 10.0. The van der Waals surface area contributed by atoms with Gasteiger partial charge in [0.1, 0.15) is 5.75 Å². The van der Waals surface area contributed by atoms with Crippen LogP contribution in [0, 0.1) is 0 Å². The van der Waals surface area contributed by atoms with E-state index in [2.05, 4.69) is 36.2 Å². The molecule has 3 nitrogen and oxygen atoms in total. The van der Waals surface area contributed by atoms with Gasteiger partial charge in [0, 0.05) is 18.8 Å². The Morgan fingerprint density at radius 2 is 1.50 bits per heavy atom. The second-order valence-electron chi connectivity index (χ2n) is 7.35. The zero-order valence-corrected chi connectivity index (χ0v) is 17.8. The Bertz CT molecular complexity index is 622. The highest BCUT2D eigenvalue weighted by atomic mass is 16.5. The summed E-state index contributed by atoms with van der Waals surface area (Å²) in [6.07, 6.45) is 12.9. The molecule has 28 heavy (non-hydrogen) atoms. The van der Waals surface area contributed by atoms with Crippen LogP contribution in [-0.4, -0.2) is 24.8 Å². The van der Waals surface area contributed by atoms with Crippen LogP contribution in [0.4, 0.5) is 0 Å². The zero-order chi connectivity index (χ0) is 19.9. The summed E-state index contributed by atoms with van der Waals surface area (Å²) in [5, 5.41) is 0. The number of pyridine rings is 1. The molecule has 0 aliphatic heterocycles. The molecule has 1 aromatic carbocycles. The largest absolute Gasteiger partial charge is 0.492 e. The summed E-state index contributed by atoms with van der Waals surface area (Å²) >= 11 is 0. The van der Waals surface area contributed by atoms with Gasteiger partial charge in [0.05, 0.1) is 18.5 Å². The van der Waals surface area contributed by atoms with Crippen LogP contribution in [0.3, 0.4) is 0 Å². The van der Waals surface area contributed by atoms with Crippen molar-refractivity contribution in [3.8, 4) is 17.0 Å². The van der Waals surface area contributed by atoms with Crippen molar-refractivity contribution in [1.29, 1.82) is 0 Å². The van der Waals surface area contributed by atoms with E-state index < -0.39 is 0 Å². The van der Waals surface area contributed by atoms with Crippen LogP contribution < -0.4 is 4.74 Å². The SMILES string of the molecule is CCCCCCCc1ccc(-c2ccc(OCCCCCOCC)cn2)cc1. The first kappa shape index (κ1) is 22.4. The molecule has 0 saturated carbocycles. The predicted molar refractivity (Wildman–Crippen MR) is 118 cm³/mol. The number of unbranched alkanes of at least 4 members (excludes halogenated alkanes) is 6. The van der Waals surface area contributed by atoms with Crippen molar-refractivity contribution in [3.63, 3.8) is 0 Å². The molecular weight excluding hydrogens is 346 g/mol.